The number of pyridine rings is 1. The van der Waals surface area contributed by atoms with Crippen molar-refractivity contribution in [2.75, 3.05) is 12.3 Å². The van der Waals surface area contributed by atoms with Crippen LogP contribution in [0.1, 0.15) is 25.6 Å². The van der Waals surface area contributed by atoms with E-state index < -0.39 is 0 Å². The van der Waals surface area contributed by atoms with Gasteiger partial charge in [0.15, 0.2) is 5.82 Å². The fourth-order valence-corrected chi connectivity index (χ4v) is 2.87. The first-order valence-electron chi connectivity index (χ1n) is 7.84. The molecule has 0 unspecified atom stereocenters. The average molecular weight is 311 g/mol. The third-order valence-electron chi connectivity index (χ3n) is 3.98. The van der Waals surface area contributed by atoms with Gasteiger partial charge in [0.05, 0.1) is 11.0 Å². The molecule has 0 aliphatic rings. The summed E-state index contributed by atoms with van der Waals surface area (Å²) in [5, 5.41) is 1.02. The zero-order valence-corrected chi connectivity index (χ0v) is 13.2. The van der Waals surface area contributed by atoms with Gasteiger partial charge in [0, 0.05) is 24.8 Å². The summed E-state index contributed by atoms with van der Waals surface area (Å²) in [6.07, 6.45) is 1.91. The van der Waals surface area contributed by atoms with Crippen molar-refractivity contribution in [3.05, 3.63) is 30.1 Å². The fraction of sp³-hybridized carbons (Fsp3) is 0.353. The van der Waals surface area contributed by atoms with Crippen LogP contribution in [-0.4, -0.2) is 26.9 Å². The van der Waals surface area contributed by atoms with Crippen molar-refractivity contribution in [3.63, 3.8) is 0 Å². The number of nitrogens with two attached hydrogens (primary N) is 2. The molecule has 6 heteroatoms. The van der Waals surface area contributed by atoms with E-state index in [1.54, 1.807) is 6.92 Å². The highest BCUT2D eigenvalue weighted by Gasteiger charge is 2.17. The lowest BCUT2D eigenvalue weighted by Crippen LogP contribution is -2.10. The molecule has 23 heavy (non-hydrogen) atoms. The molecule has 0 bridgehead atoms. The Hall–Kier alpha value is -2.47. The second kappa shape index (κ2) is 6.34. The van der Waals surface area contributed by atoms with E-state index in [2.05, 4.69) is 14.5 Å². The van der Waals surface area contributed by atoms with Crippen LogP contribution in [0, 0.1) is 0 Å². The number of Topliss-reactive ketones (excluding diaryl/α,β-unsaturated/α-hetero) is 1. The number of hydrogen-bond acceptors (Lipinski definition) is 5. The van der Waals surface area contributed by atoms with Crippen LogP contribution in [0.4, 0.5) is 5.82 Å². The lowest BCUT2D eigenvalue weighted by atomic mass is 10.2. The molecule has 0 atom stereocenters. The number of hydrogen-bond donors (Lipinski definition) is 2. The Morgan fingerprint density at radius 3 is 2.78 bits per heavy atom. The van der Waals surface area contributed by atoms with Gasteiger partial charge >= 0.3 is 0 Å². The molecule has 3 aromatic rings. The van der Waals surface area contributed by atoms with Crippen LogP contribution in [0.3, 0.4) is 0 Å². The van der Waals surface area contributed by atoms with E-state index in [1.807, 2.05) is 24.3 Å². The van der Waals surface area contributed by atoms with Gasteiger partial charge in [-0.3, -0.25) is 0 Å². The number of imidazole rings is 1. The van der Waals surface area contributed by atoms with E-state index in [0.29, 0.717) is 30.7 Å². The Kier molecular flexibility index (Phi) is 4.25. The standard InChI is InChI=1S/C17H21N5O/c1-11(23)7-8-14-21-15-16(22(14)10-4-9-18)12-5-2-3-6-13(12)20-17(15)19/h2-3,5-6H,4,7-10,18H2,1H3,(H2,19,20). The second-order valence-corrected chi connectivity index (χ2v) is 5.74. The van der Waals surface area contributed by atoms with Gasteiger partial charge in [0.25, 0.3) is 0 Å². The van der Waals surface area contributed by atoms with E-state index >= 15 is 0 Å². The first kappa shape index (κ1) is 15.4. The maximum Gasteiger partial charge on any atom is 0.152 e. The largest absolute Gasteiger partial charge is 0.382 e. The number of aryl methyl sites for hydroxylation is 2. The SMILES string of the molecule is CC(=O)CCc1nc2c(N)nc3ccccc3c2n1CCCN. The minimum absolute atomic E-state index is 0.151. The summed E-state index contributed by atoms with van der Waals surface area (Å²) < 4.78 is 2.14. The van der Waals surface area contributed by atoms with Crippen LogP contribution in [0.25, 0.3) is 21.9 Å². The number of rotatable bonds is 6. The minimum Gasteiger partial charge on any atom is -0.382 e. The van der Waals surface area contributed by atoms with Crippen molar-refractivity contribution in [1.82, 2.24) is 14.5 Å². The third kappa shape index (κ3) is 2.90. The van der Waals surface area contributed by atoms with Gasteiger partial charge in [-0.2, -0.15) is 0 Å². The summed E-state index contributed by atoms with van der Waals surface area (Å²) >= 11 is 0. The highest BCUT2D eigenvalue weighted by atomic mass is 16.1. The molecule has 0 fully saturated rings. The Morgan fingerprint density at radius 2 is 2.04 bits per heavy atom. The van der Waals surface area contributed by atoms with Crippen LogP contribution in [-0.2, 0) is 17.8 Å². The molecule has 0 spiro atoms. The second-order valence-electron chi connectivity index (χ2n) is 5.74. The summed E-state index contributed by atoms with van der Waals surface area (Å²) in [5.41, 5.74) is 14.3. The van der Waals surface area contributed by atoms with E-state index in [0.717, 1.165) is 35.2 Å². The zero-order chi connectivity index (χ0) is 16.4. The van der Waals surface area contributed by atoms with Crippen LogP contribution in [0.5, 0.6) is 0 Å². The zero-order valence-electron chi connectivity index (χ0n) is 13.2. The number of aromatic nitrogens is 3. The van der Waals surface area contributed by atoms with Crippen LogP contribution >= 0.6 is 0 Å². The summed E-state index contributed by atoms with van der Waals surface area (Å²) in [7, 11) is 0. The molecule has 1 aromatic carbocycles. The van der Waals surface area contributed by atoms with Gasteiger partial charge in [0.1, 0.15) is 17.1 Å². The lowest BCUT2D eigenvalue weighted by Gasteiger charge is -2.10. The van der Waals surface area contributed by atoms with Crippen molar-refractivity contribution in [3.8, 4) is 0 Å². The number of ketones is 1. The Bertz CT molecular complexity index is 868. The van der Waals surface area contributed by atoms with E-state index in [9.17, 15) is 4.79 Å². The number of nitrogen functional groups attached to an aromatic ring is 1. The monoisotopic (exact) mass is 311 g/mol. The quantitative estimate of drug-likeness (QED) is 0.725. The average Bonchev–Trinajstić information content (AvgIpc) is 2.90. The summed E-state index contributed by atoms with van der Waals surface area (Å²) in [5.74, 6) is 1.45. The van der Waals surface area contributed by atoms with Crippen LogP contribution < -0.4 is 11.5 Å². The van der Waals surface area contributed by atoms with Gasteiger partial charge < -0.3 is 20.8 Å². The molecule has 3 rings (SSSR count). The van der Waals surface area contributed by atoms with Gasteiger partial charge in [-0.1, -0.05) is 18.2 Å². The third-order valence-corrected chi connectivity index (χ3v) is 3.98. The Morgan fingerprint density at radius 1 is 1.26 bits per heavy atom. The molecule has 6 nitrogen and oxygen atoms in total. The summed E-state index contributed by atoms with van der Waals surface area (Å²) in [4.78, 5) is 20.5. The number of carbonyl (C=O) groups excluding carboxylic acids is 1. The normalized spacial score (nSPS) is 11.4. The topological polar surface area (TPSA) is 99.8 Å². The molecule has 4 N–H and O–H groups in total. The van der Waals surface area contributed by atoms with Crippen molar-refractivity contribution >= 4 is 33.5 Å². The molecule has 0 aliphatic carbocycles. The maximum absolute atomic E-state index is 11.3. The van der Waals surface area contributed by atoms with Gasteiger partial charge in [0.2, 0.25) is 0 Å². The lowest BCUT2D eigenvalue weighted by molar-refractivity contribution is -0.117. The van der Waals surface area contributed by atoms with Crippen molar-refractivity contribution in [1.29, 1.82) is 0 Å². The predicted molar refractivity (Wildman–Crippen MR) is 92.1 cm³/mol. The molecule has 2 heterocycles. The molecular formula is C17H21N5O. The van der Waals surface area contributed by atoms with Crippen molar-refractivity contribution in [2.45, 2.75) is 32.7 Å². The fourth-order valence-electron chi connectivity index (χ4n) is 2.87. The molecule has 0 saturated heterocycles. The summed E-state index contributed by atoms with van der Waals surface area (Å²) in [6.45, 7) is 2.95. The number of nitrogens with zero attached hydrogens (tertiary/aromatic N) is 3. The van der Waals surface area contributed by atoms with Gasteiger partial charge in [-0.05, 0) is 26.0 Å². The molecule has 120 valence electrons. The number of anilines is 1. The van der Waals surface area contributed by atoms with Gasteiger partial charge in [-0.25, -0.2) is 9.97 Å². The molecule has 0 saturated carbocycles. The van der Waals surface area contributed by atoms with Crippen LogP contribution in [0.2, 0.25) is 0 Å². The molecule has 0 amide bonds. The number of para-hydroxylation sites is 1. The van der Waals surface area contributed by atoms with E-state index in [4.69, 9.17) is 11.5 Å². The Balaban J connectivity index is 2.24. The van der Waals surface area contributed by atoms with E-state index in [-0.39, 0.29) is 5.78 Å². The maximum atomic E-state index is 11.3. The first-order chi connectivity index (χ1) is 11.1. The number of benzene rings is 1. The highest BCUT2D eigenvalue weighted by molar-refractivity contribution is 6.06. The van der Waals surface area contributed by atoms with Crippen molar-refractivity contribution in [2.24, 2.45) is 5.73 Å². The molecule has 0 aliphatic heterocycles. The molecule has 0 radical (unpaired) electrons. The highest BCUT2D eigenvalue weighted by Crippen LogP contribution is 2.29. The summed E-state index contributed by atoms with van der Waals surface area (Å²) in [6, 6.07) is 7.90. The predicted octanol–water partition coefficient (Wildman–Crippen LogP) is 2.04. The Labute approximate surface area is 134 Å². The van der Waals surface area contributed by atoms with Gasteiger partial charge in [-0.15, -0.1) is 0 Å². The van der Waals surface area contributed by atoms with E-state index in [1.165, 1.54) is 0 Å². The molecule has 2 aromatic heterocycles. The smallest absolute Gasteiger partial charge is 0.152 e. The van der Waals surface area contributed by atoms with Crippen LogP contribution in [0.15, 0.2) is 24.3 Å². The minimum atomic E-state index is 0.151. The molecular weight excluding hydrogens is 290 g/mol. The number of fused-ring (bicyclic) bond motifs is 3. The van der Waals surface area contributed by atoms with Crippen molar-refractivity contribution < 1.29 is 4.79 Å². The first-order valence-corrected chi connectivity index (χ1v) is 7.84. The number of carbonyl (C=O) groups is 1.